The third-order valence-electron chi connectivity index (χ3n) is 9.23. The van der Waals surface area contributed by atoms with Crippen molar-refractivity contribution in [3.63, 3.8) is 0 Å². The number of benzene rings is 8. The van der Waals surface area contributed by atoms with Crippen LogP contribution in [-0.4, -0.2) is 0 Å². The van der Waals surface area contributed by atoms with Gasteiger partial charge in [-0.15, -0.1) is 0 Å². The maximum atomic E-state index is 6.29. The lowest BCUT2D eigenvalue weighted by molar-refractivity contribution is 0.631. The fourth-order valence-corrected chi connectivity index (χ4v) is 6.82. The fourth-order valence-electron chi connectivity index (χ4n) is 6.82. The molecule has 1 heterocycles. The zero-order valence-electron chi connectivity index (χ0n) is 26.3. The van der Waals surface area contributed by atoms with Gasteiger partial charge in [0.2, 0.25) is 0 Å². The number of nitrogens with zero attached hydrogens (tertiary/aromatic N) is 1. The van der Waals surface area contributed by atoms with Gasteiger partial charge in [-0.05, 0) is 98.4 Å². The van der Waals surface area contributed by atoms with Crippen molar-refractivity contribution in [2.45, 2.75) is 0 Å². The van der Waals surface area contributed by atoms with E-state index < -0.39 is 0 Å². The Kier molecular flexibility index (Phi) is 6.84. The third kappa shape index (κ3) is 5.10. The van der Waals surface area contributed by atoms with E-state index >= 15 is 0 Å². The maximum absolute atomic E-state index is 6.29. The van der Waals surface area contributed by atoms with E-state index in [-0.39, 0.29) is 0 Å². The molecule has 0 amide bonds. The maximum Gasteiger partial charge on any atom is 0.135 e. The highest BCUT2D eigenvalue weighted by molar-refractivity contribution is 6.08. The van der Waals surface area contributed by atoms with Gasteiger partial charge in [0.1, 0.15) is 11.3 Å². The molecule has 0 atom stereocenters. The van der Waals surface area contributed by atoms with Gasteiger partial charge in [-0.3, -0.25) is 0 Å². The van der Waals surface area contributed by atoms with Crippen molar-refractivity contribution in [3.05, 3.63) is 188 Å². The molecular formula is C46H31NO. The van der Waals surface area contributed by atoms with E-state index in [0.717, 1.165) is 39.4 Å². The lowest BCUT2D eigenvalue weighted by atomic mass is 9.98. The molecule has 226 valence electrons. The Hall–Kier alpha value is -6.38. The Morgan fingerprint density at radius 1 is 0.312 bits per heavy atom. The summed E-state index contributed by atoms with van der Waals surface area (Å²) in [4.78, 5) is 2.34. The van der Waals surface area contributed by atoms with Gasteiger partial charge in [-0.2, -0.15) is 0 Å². The van der Waals surface area contributed by atoms with Crippen molar-refractivity contribution in [2.24, 2.45) is 0 Å². The molecule has 1 aromatic heterocycles. The molecule has 8 aromatic carbocycles. The average Bonchev–Trinajstić information content (AvgIpc) is 3.60. The van der Waals surface area contributed by atoms with Gasteiger partial charge in [-0.25, -0.2) is 0 Å². The smallest absolute Gasteiger partial charge is 0.135 e. The van der Waals surface area contributed by atoms with Crippen LogP contribution in [0.15, 0.2) is 192 Å². The first-order valence-electron chi connectivity index (χ1n) is 16.3. The van der Waals surface area contributed by atoms with E-state index in [1.54, 1.807) is 0 Å². The minimum absolute atomic E-state index is 0.858. The van der Waals surface area contributed by atoms with Crippen LogP contribution in [0.3, 0.4) is 0 Å². The third-order valence-corrected chi connectivity index (χ3v) is 9.23. The topological polar surface area (TPSA) is 16.4 Å². The Morgan fingerprint density at radius 3 is 1.75 bits per heavy atom. The summed E-state index contributed by atoms with van der Waals surface area (Å²) in [6.07, 6.45) is 0. The molecule has 0 unspecified atom stereocenters. The summed E-state index contributed by atoms with van der Waals surface area (Å²) >= 11 is 0. The van der Waals surface area contributed by atoms with Crippen LogP contribution in [0.2, 0.25) is 0 Å². The van der Waals surface area contributed by atoms with Crippen LogP contribution in [0.5, 0.6) is 0 Å². The van der Waals surface area contributed by atoms with E-state index in [1.807, 2.05) is 18.2 Å². The molecule has 0 aliphatic rings. The number of hydrogen-bond acceptors (Lipinski definition) is 2. The minimum atomic E-state index is 0.858. The van der Waals surface area contributed by atoms with Gasteiger partial charge in [0.15, 0.2) is 0 Å². The quantitative estimate of drug-likeness (QED) is 0.174. The largest absolute Gasteiger partial charge is 0.456 e. The zero-order chi connectivity index (χ0) is 31.9. The van der Waals surface area contributed by atoms with Gasteiger partial charge < -0.3 is 9.32 Å². The molecule has 0 saturated carbocycles. The van der Waals surface area contributed by atoms with Crippen LogP contribution < -0.4 is 4.90 Å². The molecule has 9 rings (SSSR count). The summed E-state index contributed by atoms with van der Waals surface area (Å²) in [7, 11) is 0. The van der Waals surface area contributed by atoms with Crippen LogP contribution in [0, 0.1) is 0 Å². The van der Waals surface area contributed by atoms with E-state index in [0.29, 0.717) is 0 Å². The number of para-hydroxylation sites is 1. The van der Waals surface area contributed by atoms with E-state index in [4.69, 9.17) is 4.42 Å². The van der Waals surface area contributed by atoms with E-state index in [2.05, 4.69) is 175 Å². The lowest BCUT2D eigenvalue weighted by Crippen LogP contribution is -2.10. The summed E-state index contributed by atoms with van der Waals surface area (Å²) in [5, 5.41) is 6.08. The van der Waals surface area contributed by atoms with Gasteiger partial charge in [0.25, 0.3) is 0 Å². The van der Waals surface area contributed by atoms with Crippen LogP contribution >= 0.6 is 0 Å². The second kappa shape index (κ2) is 11.8. The van der Waals surface area contributed by atoms with Gasteiger partial charge in [0, 0.05) is 28.0 Å². The fraction of sp³-hybridized carbons (Fsp3) is 0. The number of hydrogen-bond donors (Lipinski definition) is 0. The molecule has 0 spiro atoms. The second-order valence-corrected chi connectivity index (χ2v) is 12.2. The Morgan fingerprint density at radius 2 is 0.917 bits per heavy atom. The molecule has 2 nitrogen and oxygen atoms in total. The van der Waals surface area contributed by atoms with Crippen molar-refractivity contribution in [1.82, 2.24) is 0 Å². The van der Waals surface area contributed by atoms with Crippen molar-refractivity contribution >= 4 is 49.6 Å². The van der Waals surface area contributed by atoms with Crippen molar-refractivity contribution in [1.29, 1.82) is 0 Å². The van der Waals surface area contributed by atoms with Gasteiger partial charge >= 0.3 is 0 Å². The number of furan rings is 1. The monoisotopic (exact) mass is 613 g/mol. The molecule has 0 saturated heterocycles. The standard InChI is InChI=1S/C46H31NO/c1-2-10-32(11-3-1)35-14-8-15-36(28-35)33-22-24-40(25-23-33)47(42-26-27-44-37(29-42)21-20-34-12-4-6-18-43(34)44)41-17-9-16-38(30-41)46-31-39-13-5-7-19-45(39)48-46/h1-31H. The molecule has 0 radical (unpaired) electrons. The first-order valence-corrected chi connectivity index (χ1v) is 16.3. The first-order chi connectivity index (χ1) is 23.8. The minimum Gasteiger partial charge on any atom is -0.456 e. The molecule has 0 aliphatic heterocycles. The molecule has 9 aromatic rings. The number of rotatable bonds is 6. The highest BCUT2D eigenvalue weighted by atomic mass is 16.3. The summed E-state index contributed by atoms with van der Waals surface area (Å²) in [6, 6.07) is 67.0. The van der Waals surface area contributed by atoms with Crippen LogP contribution in [0.4, 0.5) is 17.1 Å². The average molecular weight is 614 g/mol. The summed E-state index contributed by atoms with van der Waals surface area (Å²) < 4.78 is 6.29. The normalized spacial score (nSPS) is 11.3. The molecule has 0 bridgehead atoms. The molecular weight excluding hydrogens is 583 g/mol. The number of anilines is 3. The predicted octanol–water partition coefficient (Wildman–Crippen LogP) is 13.2. The van der Waals surface area contributed by atoms with Gasteiger partial charge in [-0.1, -0.05) is 133 Å². The molecule has 0 fully saturated rings. The second-order valence-electron chi connectivity index (χ2n) is 12.2. The number of fused-ring (bicyclic) bond motifs is 4. The Bertz CT molecular complexity index is 2530. The molecule has 48 heavy (non-hydrogen) atoms. The molecule has 0 aliphatic carbocycles. The van der Waals surface area contributed by atoms with Crippen LogP contribution in [-0.2, 0) is 0 Å². The van der Waals surface area contributed by atoms with E-state index in [9.17, 15) is 0 Å². The molecule has 0 N–H and O–H groups in total. The van der Waals surface area contributed by atoms with Crippen LogP contribution in [0.25, 0.3) is 66.1 Å². The highest BCUT2D eigenvalue weighted by Crippen LogP contribution is 2.40. The van der Waals surface area contributed by atoms with Crippen molar-refractivity contribution in [2.75, 3.05) is 4.90 Å². The van der Waals surface area contributed by atoms with Crippen molar-refractivity contribution < 1.29 is 4.42 Å². The summed E-state index contributed by atoms with van der Waals surface area (Å²) in [5.74, 6) is 0.858. The summed E-state index contributed by atoms with van der Waals surface area (Å²) in [6.45, 7) is 0. The van der Waals surface area contributed by atoms with Crippen LogP contribution in [0.1, 0.15) is 0 Å². The molecule has 2 heteroatoms. The zero-order valence-corrected chi connectivity index (χ0v) is 26.3. The Balaban J connectivity index is 1.15. The summed E-state index contributed by atoms with van der Waals surface area (Å²) in [5.41, 5.74) is 9.97. The van der Waals surface area contributed by atoms with Gasteiger partial charge in [0.05, 0.1) is 0 Å². The van der Waals surface area contributed by atoms with Crippen molar-refractivity contribution in [3.8, 4) is 33.6 Å². The SMILES string of the molecule is c1ccc(-c2cccc(-c3ccc(N(c4cccc(-c5cc6ccccc6o5)c4)c4ccc5c(ccc6ccccc65)c4)cc3)c2)cc1. The lowest BCUT2D eigenvalue weighted by Gasteiger charge is -2.26. The Labute approximate surface area is 279 Å². The highest BCUT2D eigenvalue weighted by Gasteiger charge is 2.16. The first kappa shape index (κ1) is 27.9. The van der Waals surface area contributed by atoms with E-state index in [1.165, 1.54) is 43.8 Å². The predicted molar refractivity (Wildman–Crippen MR) is 202 cm³/mol.